The van der Waals surface area contributed by atoms with Gasteiger partial charge in [0.25, 0.3) is 0 Å². The third kappa shape index (κ3) is 3.52. The molecule has 0 radical (unpaired) electrons. The fourth-order valence-electron chi connectivity index (χ4n) is 2.07. The van der Waals surface area contributed by atoms with Crippen LogP contribution >= 0.6 is 11.3 Å². The van der Waals surface area contributed by atoms with Crippen LogP contribution in [0.1, 0.15) is 4.88 Å². The molecule has 0 saturated carbocycles. The van der Waals surface area contributed by atoms with E-state index in [1.54, 1.807) is 0 Å². The van der Waals surface area contributed by atoms with Gasteiger partial charge in [0.15, 0.2) is 0 Å². The predicted octanol–water partition coefficient (Wildman–Crippen LogP) is 0.394. The number of carbonyl (C=O) groups excluding carboxylic acids is 1. The highest BCUT2D eigenvalue weighted by atomic mass is 32.1. The number of rotatable bonds is 4. The second-order valence-corrected chi connectivity index (χ2v) is 5.29. The first-order valence-electron chi connectivity index (χ1n) is 6.02. The summed E-state index contributed by atoms with van der Waals surface area (Å²) in [5, 5.41) is 2.12. The third-order valence-corrected chi connectivity index (χ3v) is 4.09. The van der Waals surface area contributed by atoms with Crippen LogP contribution in [0.4, 0.5) is 0 Å². The Bertz CT molecular complexity index is 345. The molecule has 1 aliphatic rings. The summed E-state index contributed by atoms with van der Waals surface area (Å²) in [4.78, 5) is 17.1. The van der Waals surface area contributed by atoms with E-state index in [0.29, 0.717) is 0 Å². The molecule has 0 atom stereocenters. The molecule has 0 spiro atoms. The molecule has 4 nitrogen and oxygen atoms in total. The van der Waals surface area contributed by atoms with Crippen molar-refractivity contribution in [2.75, 3.05) is 39.3 Å². The number of nitrogens with zero attached hydrogens (tertiary/aromatic N) is 2. The quantitative estimate of drug-likeness (QED) is 0.844. The van der Waals surface area contributed by atoms with Gasteiger partial charge in [-0.2, -0.15) is 0 Å². The molecule has 1 aromatic heterocycles. The van der Waals surface area contributed by atoms with Gasteiger partial charge in [-0.1, -0.05) is 6.07 Å². The summed E-state index contributed by atoms with van der Waals surface area (Å²) in [7, 11) is 0. The zero-order valence-electron chi connectivity index (χ0n) is 9.97. The van der Waals surface area contributed by atoms with Crippen LogP contribution < -0.4 is 5.73 Å². The van der Waals surface area contributed by atoms with Crippen molar-refractivity contribution in [2.45, 2.75) is 6.42 Å². The molecule has 1 aromatic rings. The maximum Gasteiger partial charge on any atom is 0.236 e. The lowest BCUT2D eigenvalue weighted by Crippen LogP contribution is -2.50. The molecule has 0 aliphatic carbocycles. The van der Waals surface area contributed by atoms with Crippen LogP contribution in [0.25, 0.3) is 0 Å². The molecule has 0 unspecified atom stereocenters. The zero-order chi connectivity index (χ0) is 12.1. The zero-order valence-corrected chi connectivity index (χ0v) is 10.8. The molecule has 94 valence electrons. The normalized spacial score (nSPS) is 17.4. The van der Waals surface area contributed by atoms with Crippen molar-refractivity contribution in [3.05, 3.63) is 22.4 Å². The van der Waals surface area contributed by atoms with Crippen molar-refractivity contribution in [3.8, 4) is 0 Å². The second kappa shape index (κ2) is 6.14. The molecule has 1 amide bonds. The predicted molar refractivity (Wildman–Crippen MR) is 70.1 cm³/mol. The topological polar surface area (TPSA) is 49.6 Å². The first-order valence-corrected chi connectivity index (χ1v) is 6.90. The minimum atomic E-state index is 0.0721. The van der Waals surface area contributed by atoms with E-state index in [9.17, 15) is 4.79 Å². The summed E-state index contributed by atoms with van der Waals surface area (Å²) in [6.07, 6.45) is 1.11. The van der Waals surface area contributed by atoms with Crippen molar-refractivity contribution in [1.29, 1.82) is 0 Å². The molecule has 5 heteroatoms. The van der Waals surface area contributed by atoms with Gasteiger partial charge in [0.1, 0.15) is 0 Å². The first-order chi connectivity index (χ1) is 8.29. The summed E-state index contributed by atoms with van der Waals surface area (Å²) in [5.74, 6) is 0.0721. The fourth-order valence-corrected chi connectivity index (χ4v) is 2.77. The number of carbonyl (C=O) groups is 1. The van der Waals surface area contributed by atoms with Gasteiger partial charge in [-0.3, -0.25) is 9.69 Å². The molecular formula is C12H19N3OS. The van der Waals surface area contributed by atoms with Crippen LogP contribution in [0.2, 0.25) is 0 Å². The first kappa shape index (κ1) is 12.5. The van der Waals surface area contributed by atoms with Gasteiger partial charge in [-0.25, -0.2) is 0 Å². The average Bonchev–Trinajstić information content (AvgIpc) is 2.89. The number of nitrogens with two attached hydrogens (primary N) is 1. The smallest absolute Gasteiger partial charge is 0.236 e. The lowest BCUT2D eigenvalue weighted by Gasteiger charge is -2.34. The number of piperazine rings is 1. The summed E-state index contributed by atoms with van der Waals surface area (Å²) < 4.78 is 0. The van der Waals surface area contributed by atoms with Crippen LogP contribution in [0.5, 0.6) is 0 Å². The van der Waals surface area contributed by atoms with Crippen molar-refractivity contribution in [1.82, 2.24) is 9.80 Å². The Hall–Kier alpha value is -0.910. The van der Waals surface area contributed by atoms with Crippen LogP contribution in [-0.2, 0) is 11.2 Å². The lowest BCUT2D eigenvalue weighted by atomic mass is 10.2. The largest absolute Gasteiger partial charge is 0.339 e. The number of thiophene rings is 1. The summed E-state index contributed by atoms with van der Waals surface area (Å²) in [5.41, 5.74) is 5.36. The van der Waals surface area contributed by atoms with Crippen LogP contribution in [0.3, 0.4) is 0 Å². The molecule has 2 rings (SSSR count). The van der Waals surface area contributed by atoms with Gasteiger partial charge in [-0.05, 0) is 17.9 Å². The standard InChI is InChI=1S/C12H19N3OS/c13-10-12(16)15-7-5-14(6-8-15)4-3-11-2-1-9-17-11/h1-2,9H,3-8,10,13H2. The molecule has 17 heavy (non-hydrogen) atoms. The van der Waals surface area contributed by atoms with E-state index in [1.807, 2.05) is 16.2 Å². The van der Waals surface area contributed by atoms with Gasteiger partial charge >= 0.3 is 0 Å². The number of amides is 1. The lowest BCUT2D eigenvalue weighted by molar-refractivity contribution is -0.131. The molecule has 1 aliphatic heterocycles. The van der Waals surface area contributed by atoms with E-state index in [0.717, 1.165) is 39.1 Å². The maximum atomic E-state index is 11.4. The molecular weight excluding hydrogens is 234 g/mol. The summed E-state index contributed by atoms with van der Waals surface area (Å²) >= 11 is 1.81. The van der Waals surface area contributed by atoms with Gasteiger partial charge in [0, 0.05) is 37.6 Å². The van der Waals surface area contributed by atoms with E-state index in [1.165, 1.54) is 4.88 Å². The number of hydrogen-bond acceptors (Lipinski definition) is 4. The number of hydrogen-bond donors (Lipinski definition) is 1. The summed E-state index contributed by atoms with van der Waals surface area (Å²) in [6, 6.07) is 4.27. The molecule has 1 fully saturated rings. The van der Waals surface area contributed by atoms with E-state index < -0.39 is 0 Å². The molecule has 0 bridgehead atoms. The van der Waals surface area contributed by atoms with E-state index in [-0.39, 0.29) is 12.5 Å². The third-order valence-electron chi connectivity index (χ3n) is 3.15. The Labute approximate surface area is 106 Å². The van der Waals surface area contributed by atoms with Crippen LogP contribution in [0, 0.1) is 0 Å². The Morgan fingerprint density at radius 1 is 1.35 bits per heavy atom. The monoisotopic (exact) mass is 253 g/mol. The SMILES string of the molecule is NCC(=O)N1CCN(CCc2cccs2)CC1. The maximum absolute atomic E-state index is 11.4. The molecule has 2 heterocycles. The Morgan fingerprint density at radius 2 is 2.12 bits per heavy atom. The molecule has 0 aromatic carbocycles. The van der Waals surface area contributed by atoms with Crippen molar-refractivity contribution in [2.24, 2.45) is 5.73 Å². The van der Waals surface area contributed by atoms with E-state index in [2.05, 4.69) is 22.4 Å². The van der Waals surface area contributed by atoms with E-state index in [4.69, 9.17) is 5.73 Å². The minimum absolute atomic E-state index is 0.0721. The van der Waals surface area contributed by atoms with Crippen molar-refractivity contribution in [3.63, 3.8) is 0 Å². The van der Waals surface area contributed by atoms with Crippen molar-refractivity contribution >= 4 is 17.2 Å². The molecule has 2 N–H and O–H groups in total. The van der Waals surface area contributed by atoms with Crippen LogP contribution in [-0.4, -0.2) is 55.0 Å². The Balaban J connectivity index is 1.70. The highest BCUT2D eigenvalue weighted by Gasteiger charge is 2.19. The average molecular weight is 253 g/mol. The van der Waals surface area contributed by atoms with Crippen LogP contribution in [0.15, 0.2) is 17.5 Å². The van der Waals surface area contributed by atoms with Gasteiger partial charge < -0.3 is 10.6 Å². The minimum Gasteiger partial charge on any atom is -0.339 e. The van der Waals surface area contributed by atoms with Gasteiger partial charge in [0.05, 0.1) is 6.54 Å². The Morgan fingerprint density at radius 3 is 2.71 bits per heavy atom. The van der Waals surface area contributed by atoms with Gasteiger partial charge in [0.2, 0.25) is 5.91 Å². The van der Waals surface area contributed by atoms with Gasteiger partial charge in [-0.15, -0.1) is 11.3 Å². The van der Waals surface area contributed by atoms with Crippen molar-refractivity contribution < 1.29 is 4.79 Å². The van der Waals surface area contributed by atoms with E-state index >= 15 is 0 Å². The molecule has 1 saturated heterocycles. The Kier molecular flexibility index (Phi) is 4.53. The second-order valence-electron chi connectivity index (χ2n) is 4.26. The fraction of sp³-hybridized carbons (Fsp3) is 0.583. The highest BCUT2D eigenvalue weighted by molar-refractivity contribution is 7.09. The summed E-state index contributed by atoms with van der Waals surface area (Å²) in [6.45, 7) is 4.80. The highest BCUT2D eigenvalue weighted by Crippen LogP contribution is 2.10.